The van der Waals surface area contributed by atoms with Gasteiger partial charge in [-0.3, -0.25) is 0 Å². The molecule has 0 fully saturated rings. The second kappa shape index (κ2) is 4.38. The number of halogens is 2. The van der Waals surface area contributed by atoms with E-state index in [2.05, 4.69) is 14.8 Å². The van der Waals surface area contributed by atoms with Gasteiger partial charge in [-0.05, 0) is 31.2 Å². The van der Waals surface area contributed by atoms with E-state index >= 15 is 0 Å². The smallest absolute Gasteiger partial charge is 0.395 e. The Morgan fingerprint density at radius 1 is 1.16 bits per heavy atom. The summed E-state index contributed by atoms with van der Waals surface area (Å²) in [6, 6.07) is 8.75. The minimum atomic E-state index is -3.56. The number of rotatable bonds is 3. The molecule has 0 unspecified atom stereocenters. The molecule has 0 bridgehead atoms. The Kier molecular flexibility index (Phi) is 2.82. The predicted molar refractivity (Wildman–Crippen MR) is 69.0 cm³/mol. The molecule has 19 heavy (non-hydrogen) atoms. The van der Waals surface area contributed by atoms with Crippen LogP contribution < -0.4 is 14.8 Å². The molecule has 6 heteroatoms. The van der Waals surface area contributed by atoms with Crippen LogP contribution in [0.3, 0.4) is 0 Å². The molecule has 2 heterocycles. The van der Waals surface area contributed by atoms with Crippen LogP contribution in [-0.4, -0.2) is 6.29 Å². The van der Waals surface area contributed by atoms with E-state index in [1.807, 2.05) is 19.1 Å². The van der Waals surface area contributed by atoms with Crippen molar-refractivity contribution in [3.05, 3.63) is 40.1 Å². The van der Waals surface area contributed by atoms with Crippen LogP contribution in [0.5, 0.6) is 11.5 Å². The number of anilines is 1. The summed E-state index contributed by atoms with van der Waals surface area (Å²) in [7, 11) is 0. The molecule has 1 aliphatic heterocycles. The minimum Gasteiger partial charge on any atom is -0.395 e. The summed E-state index contributed by atoms with van der Waals surface area (Å²) in [6.07, 6.45) is -3.56. The summed E-state index contributed by atoms with van der Waals surface area (Å²) in [5.41, 5.74) is 0.714. The first-order valence-electron chi connectivity index (χ1n) is 5.71. The fourth-order valence-electron chi connectivity index (χ4n) is 1.83. The number of ether oxygens (including phenoxy) is 2. The van der Waals surface area contributed by atoms with E-state index in [0.29, 0.717) is 12.2 Å². The number of alkyl halides is 2. The van der Waals surface area contributed by atoms with Gasteiger partial charge in [0, 0.05) is 28.1 Å². The molecule has 2 aromatic rings. The van der Waals surface area contributed by atoms with Crippen LogP contribution in [0.1, 0.15) is 9.75 Å². The maximum Gasteiger partial charge on any atom is 0.586 e. The van der Waals surface area contributed by atoms with Gasteiger partial charge in [-0.2, -0.15) is 0 Å². The van der Waals surface area contributed by atoms with Crippen LogP contribution in [0.4, 0.5) is 14.5 Å². The molecule has 1 aliphatic rings. The first-order chi connectivity index (χ1) is 9.02. The molecular weight excluding hydrogens is 272 g/mol. The van der Waals surface area contributed by atoms with Crippen molar-refractivity contribution in [2.75, 3.05) is 5.32 Å². The van der Waals surface area contributed by atoms with Gasteiger partial charge in [-0.1, -0.05) is 0 Å². The van der Waals surface area contributed by atoms with Gasteiger partial charge >= 0.3 is 6.29 Å². The van der Waals surface area contributed by atoms with Crippen LogP contribution in [0.15, 0.2) is 30.3 Å². The van der Waals surface area contributed by atoms with Crippen LogP contribution >= 0.6 is 11.3 Å². The van der Waals surface area contributed by atoms with Gasteiger partial charge in [-0.15, -0.1) is 20.1 Å². The molecule has 0 radical (unpaired) electrons. The molecular formula is C13H11F2NO2S. The van der Waals surface area contributed by atoms with Crippen molar-refractivity contribution in [2.45, 2.75) is 19.8 Å². The Bertz CT molecular complexity index is 612. The van der Waals surface area contributed by atoms with Gasteiger partial charge in [0.25, 0.3) is 0 Å². The summed E-state index contributed by atoms with van der Waals surface area (Å²) >= 11 is 1.69. The third kappa shape index (κ3) is 2.63. The van der Waals surface area contributed by atoms with Crippen LogP contribution in [0.2, 0.25) is 0 Å². The van der Waals surface area contributed by atoms with Crippen molar-refractivity contribution >= 4 is 17.0 Å². The highest BCUT2D eigenvalue weighted by Gasteiger charge is 2.43. The van der Waals surface area contributed by atoms with E-state index in [4.69, 9.17) is 0 Å². The fourth-order valence-corrected chi connectivity index (χ4v) is 2.66. The Morgan fingerprint density at radius 3 is 2.68 bits per heavy atom. The van der Waals surface area contributed by atoms with Crippen LogP contribution in [0.25, 0.3) is 0 Å². The monoisotopic (exact) mass is 283 g/mol. The average Bonchev–Trinajstić information content (AvgIpc) is 2.87. The largest absolute Gasteiger partial charge is 0.586 e. The molecule has 0 spiro atoms. The highest BCUT2D eigenvalue weighted by molar-refractivity contribution is 7.11. The summed E-state index contributed by atoms with van der Waals surface area (Å²) in [5, 5.41) is 3.16. The van der Waals surface area contributed by atoms with E-state index in [-0.39, 0.29) is 11.5 Å². The van der Waals surface area contributed by atoms with E-state index in [1.165, 1.54) is 21.9 Å². The van der Waals surface area contributed by atoms with Crippen molar-refractivity contribution in [2.24, 2.45) is 0 Å². The lowest BCUT2D eigenvalue weighted by Crippen LogP contribution is -2.25. The minimum absolute atomic E-state index is 0.0531. The third-order valence-corrected chi connectivity index (χ3v) is 3.66. The van der Waals surface area contributed by atoms with Crippen LogP contribution in [-0.2, 0) is 6.54 Å². The van der Waals surface area contributed by atoms with Gasteiger partial charge in [0.05, 0.1) is 0 Å². The standard InChI is InChI=1S/C13H11F2NO2S/c1-8-2-4-10(19-8)7-16-9-3-5-11-12(6-9)18-13(14,15)17-11/h2-6,16H,7H2,1H3. The highest BCUT2D eigenvalue weighted by atomic mass is 32.1. The number of aryl methyl sites for hydroxylation is 1. The topological polar surface area (TPSA) is 30.5 Å². The molecule has 0 saturated heterocycles. The summed E-state index contributed by atoms with van der Waals surface area (Å²) in [5.74, 6) is 0.111. The number of nitrogens with one attached hydrogen (secondary N) is 1. The van der Waals surface area contributed by atoms with Gasteiger partial charge in [0.1, 0.15) is 0 Å². The van der Waals surface area contributed by atoms with E-state index in [0.717, 1.165) is 0 Å². The normalized spacial score (nSPS) is 15.5. The van der Waals surface area contributed by atoms with Gasteiger partial charge in [0.15, 0.2) is 11.5 Å². The molecule has 0 aliphatic carbocycles. The second-order valence-electron chi connectivity index (χ2n) is 4.19. The molecule has 1 N–H and O–H groups in total. The number of thiophene rings is 1. The Balaban J connectivity index is 1.70. The summed E-state index contributed by atoms with van der Waals surface area (Å²) < 4.78 is 34.5. The molecule has 0 amide bonds. The number of hydrogen-bond donors (Lipinski definition) is 1. The zero-order chi connectivity index (χ0) is 13.5. The quantitative estimate of drug-likeness (QED) is 0.924. The lowest BCUT2D eigenvalue weighted by molar-refractivity contribution is -0.286. The first kappa shape index (κ1) is 12.2. The van der Waals surface area contributed by atoms with Crippen molar-refractivity contribution in [3.63, 3.8) is 0 Å². The zero-order valence-corrected chi connectivity index (χ0v) is 10.9. The van der Waals surface area contributed by atoms with Gasteiger partial charge in [0.2, 0.25) is 0 Å². The molecule has 100 valence electrons. The van der Waals surface area contributed by atoms with E-state index < -0.39 is 6.29 Å². The van der Waals surface area contributed by atoms with Crippen molar-refractivity contribution in [3.8, 4) is 11.5 Å². The maximum atomic E-state index is 12.9. The molecule has 3 rings (SSSR count). The predicted octanol–water partition coefficient (Wildman–Crippen LogP) is 3.99. The average molecular weight is 283 g/mol. The Hall–Kier alpha value is -1.82. The molecule has 0 saturated carbocycles. The zero-order valence-electron chi connectivity index (χ0n) is 10.1. The van der Waals surface area contributed by atoms with E-state index in [9.17, 15) is 8.78 Å². The number of fused-ring (bicyclic) bond motifs is 1. The summed E-state index contributed by atoms with van der Waals surface area (Å²) in [6.45, 7) is 2.69. The maximum absolute atomic E-state index is 12.9. The van der Waals surface area contributed by atoms with E-state index in [1.54, 1.807) is 17.4 Å². The SMILES string of the molecule is Cc1ccc(CNc2ccc3c(c2)OC(F)(F)O3)s1. The molecule has 1 aromatic carbocycles. The molecule has 3 nitrogen and oxygen atoms in total. The first-order valence-corrected chi connectivity index (χ1v) is 6.53. The Labute approximate surface area is 112 Å². The number of benzene rings is 1. The lowest BCUT2D eigenvalue weighted by atomic mass is 10.2. The van der Waals surface area contributed by atoms with Gasteiger partial charge in [-0.25, -0.2) is 0 Å². The van der Waals surface area contributed by atoms with Crippen molar-refractivity contribution in [1.82, 2.24) is 0 Å². The Morgan fingerprint density at radius 2 is 1.95 bits per heavy atom. The molecule has 1 aromatic heterocycles. The second-order valence-corrected chi connectivity index (χ2v) is 5.57. The fraction of sp³-hybridized carbons (Fsp3) is 0.231. The van der Waals surface area contributed by atoms with Crippen molar-refractivity contribution in [1.29, 1.82) is 0 Å². The summed E-state index contributed by atoms with van der Waals surface area (Å²) in [4.78, 5) is 2.42. The highest BCUT2D eigenvalue weighted by Crippen LogP contribution is 2.42. The molecule has 0 atom stereocenters. The lowest BCUT2D eigenvalue weighted by Gasteiger charge is -2.05. The third-order valence-electron chi connectivity index (χ3n) is 2.66. The van der Waals surface area contributed by atoms with Crippen LogP contribution in [0, 0.1) is 6.92 Å². The van der Waals surface area contributed by atoms with Crippen molar-refractivity contribution < 1.29 is 18.3 Å². The van der Waals surface area contributed by atoms with Gasteiger partial charge < -0.3 is 14.8 Å². The number of hydrogen-bond acceptors (Lipinski definition) is 4.